The molecule has 1 aromatic carbocycles. The maximum atomic E-state index is 14.2. The number of likely N-dealkylation sites (tertiary alicyclic amines) is 1. The number of nitrogens with zero attached hydrogens (tertiary/aromatic N) is 5. The quantitative estimate of drug-likeness (QED) is 0.173. The van der Waals surface area contributed by atoms with E-state index in [2.05, 4.69) is 19.2 Å². The van der Waals surface area contributed by atoms with E-state index in [4.69, 9.17) is 14.5 Å². The van der Waals surface area contributed by atoms with Crippen LogP contribution in [-0.4, -0.2) is 147 Å². The van der Waals surface area contributed by atoms with Crippen molar-refractivity contribution in [3.63, 3.8) is 0 Å². The molecule has 1 saturated heterocycles. The summed E-state index contributed by atoms with van der Waals surface area (Å²) in [5.41, 5.74) is 0.795. The summed E-state index contributed by atoms with van der Waals surface area (Å²) in [6.45, 7) is 10.3. The van der Waals surface area contributed by atoms with Crippen molar-refractivity contribution in [3.05, 3.63) is 35.9 Å². The highest BCUT2D eigenvalue weighted by Crippen LogP contribution is 2.30. The Morgan fingerprint density at radius 2 is 1.59 bits per heavy atom. The lowest BCUT2D eigenvalue weighted by molar-refractivity contribution is -0.147. The monoisotopic (exact) mass is 716 g/mol. The van der Waals surface area contributed by atoms with Crippen LogP contribution in [0.2, 0.25) is 0 Å². The molecule has 8 atom stereocenters. The summed E-state index contributed by atoms with van der Waals surface area (Å²) in [5.74, 6) is -1.99. The molecule has 1 aliphatic heterocycles. The standard InChI is InChI=1S/C38H64N6O7/c1-13-25(4)33(43(10)36(47)32(24(2)3)40-38(41(6)7)42(8)9)30(50-11)23-31(45)44-21-17-20-29(44)34(51-12)26(5)35(46)39-28(37(48)49)22-27-18-15-14-16-19-27/h14-16,18-19,24-26,28-30,32-34H,13,17,20-23H2,1-12H3,(H,39,46)(H,48,49)/t25-,26+,28-,29-,30+,32-,33-,34+/m0/s1. The van der Waals surface area contributed by atoms with Gasteiger partial charge in [0, 0.05) is 62.4 Å². The van der Waals surface area contributed by atoms with E-state index in [0.717, 1.165) is 18.4 Å². The highest BCUT2D eigenvalue weighted by Gasteiger charge is 2.43. The van der Waals surface area contributed by atoms with E-state index in [1.54, 1.807) is 30.9 Å². The molecule has 288 valence electrons. The van der Waals surface area contributed by atoms with Gasteiger partial charge in [-0.05, 0) is 30.2 Å². The zero-order chi connectivity index (χ0) is 38.6. The van der Waals surface area contributed by atoms with Gasteiger partial charge in [0.25, 0.3) is 0 Å². The lowest BCUT2D eigenvalue weighted by Gasteiger charge is -2.40. The number of benzene rings is 1. The Kier molecular flexibility index (Phi) is 17.3. The van der Waals surface area contributed by atoms with Crippen LogP contribution in [0.3, 0.4) is 0 Å². The van der Waals surface area contributed by atoms with Crippen molar-refractivity contribution in [2.45, 2.75) is 103 Å². The largest absolute Gasteiger partial charge is 0.480 e. The van der Waals surface area contributed by atoms with E-state index in [9.17, 15) is 24.3 Å². The third-order valence-electron chi connectivity index (χ3n) is 10.1. The van der Waals surface area contributed by atoms with Gasteiger partial charge in [0.2, 0.25) is 17.7 Å². The van der Waals surface area contributed by atoms with E-state index in [1.165, 1.54) is 7.11 Å². The fourth-order valence-corrected chi connectivity index (χ4v) is 7.11. The zero-order valence-corrected chi connectivity index (χ0v) is 33.0. The molecule has 0 spiro atoms. The fraction of sp³-hybridized carbons (Fsp3) is 0.711. The first-order chi connectivity index (χ1) is 24.0. The van der Waals surface area contributed by atoms with Gasteiger partial charge in [0.05, 0.1) is 36.6 Å². The number of aliphatic imine (C=N–C) groups is 1. The minimum Gasteiger partial charge on any atom is -0.480 e. The maximum Gasteiger partial charge on any atom is 0.326 e. The molecule has 0 bridgehead atoms. The number of guanidine groups is 1. The van der Waals surface area contributed by atoms with Gasteiger partial charge < -0.3 is 39.5 Å². The van der Waals surface area contributed by atoms with Crippen LogP contribution in [0, 0.1) is 17.8 Å². The van der Waals surface area contributed by atoms with Gasteiger partial charge in [-0.1, -0.05) is 71.4 Å². The molecule has 0 radical (unpaired) electrons. The first-order valence-electron chi connectivity index (χ1n) is 18.1. The Bertz CT molecular complexity index is 1300. The fourth-order valence-electron chi connectivity index (χ4n) is 7.11. The third kappa shape index (κ3) is 11.6. The summed E-state index contributed by atoms with van der Waals surface area (Å²) in [6.07, 6.45) is 1.04. The molecule has 0 aliphatic carbocycles. The predicted octanol–water partition coefficient (Wildman–Crippen LogP) is 3.22. The Morgan fingerprint density at radius 1 is 0.980 bits per heavy atom. The number of nitrogens with one attached hydrogen (secondary N) is 1. The van der Waals surface area contributed by atoms with Gasteiger partial charge in [-0.25, -0.2) is 9.79 Å². The molecule has 1 heterocycles. The van der Waals surface area contributed by atoms with Gasteiger partial charge in [-0.2, -0.15) is 0 Å². The van der Waals surface area contributed by atoms with Crippen molar-refractivity contribution in [2.24, 2.45) is 22.7 Å². The highest BCUT2D eigenvalue weighted by molar-refractivity contribution is 5.88. The van der Waals surface area contributed by atoms with Crippen LogP contribution in [0.25, 0.3) is 0 Å². The van der Waals surface area contributed by atoms with Crippen molar-refractivity contribution in [1.29, 1.82) is 0 Å². The number of aliphatic carboxylic acids is 1. The maximum absolute atomic E-state index is 14.2. The molecule has 13 heteroatoms. The van der Waals surface area contributed by atoms with E-state index in [-0.39, 0.29) is 36.5 Å². The van der Waals surface area contributed by atoms with Crippen molar-refractivity contribution < 1.29 is 33.8 Å². The Morgan fingerprint density at radius 3 is 2.08 bits per heavy atom. The van der Waals surface area contributed by atoms with E-state index in [0.29, 0.717) is 18.9 Å². The number of carboxylic acid groups (broad SMARTS) is 1. The molecule has 1 fully saturated rings. The Hall–Kier alpha value is -3.71. The number of ether oxygens (including phenoxy) is 2. The lowest BCUT2D eigenvalue weighted by Crippen LogP contribution is -2.55. The predicted molar refractivity (Wildman–Crippen MR) is 199 cm³/mol. The SMILES string of the molecule is CC[C@H](C)[C@@H]([C@@H](CC(=O)N1CCC[C@H]1[C@H](OC)[C@@H](C)C(=O)N[C@@H](Cc1ccccc1)C(=O)O)OC)N(C)C(=O)[C@@H](N=C(N(C)C)N(C)C)C(C)C. The second-order valence-electron chi connectivity index (χ2n) is 14.6. The Labute approximate surface area is 305 Å². The molecule has 2 rings (SSSR count). The average Bonchev–Trinajstić information content (AvgIpc) is 3.57. The van der Waals surface area contributed by atoms with Gasteiger partial charge in [0.1, 0.15) is 12.1 Å². The molecule has 1 aliphatic rings. The molecule has 13 nitrogen and oxygen atoms in total. The highest BCUT2D eigenvalue weighted by atomic mass is 16.5. The molecule has 1 aromatic rings. The molecular weight excluding hydrogens is 652 g/mol. The minimum absolute atomic E-state index is 0.0125. The molecular formula is C38H64N6O7. The molecule has 0 unspecified atom stereocenters. The number of likely N-dealkylation sites (N-methyl/N-ethyl adjacent to an activating group) is 1. The van der Waals surface area contributed by atoms with E-state index >= 15 is 0 Å². The summed E-state index contributed by atoms with van der Waals surface area (Å²) >= 11 is 0. The number of rotatable bonds is 18. The molecule has 0 aromatic heterocycles. The second-order valence-corrected chi connectivity index (χ2v) is 14.6. The van der Waals surface area contributed by atoms with Gasteiger partial charge in [-0.15, -0.1) is 0 Å². The molecule has 2 N–H and O–H groups in total. The first kappa shape index (κ1) is 43.5. The van der Waals surface area contributed by atoms with Crippen LogP contribution in [0.5, 0.6) is 0 Å². The number of amides is 3. The van der Waals surface area contributed by atoms with Crippen LogP contribution in [-0.2, 0) is 35.1 Å². The summed E-state index contributed by atoms with van der Waals surface area (Å²) < 4.78 is 11.9. The molecule has 3 amide bonds. The number of hydrogen-bond acceptors (Lipinski definition) is 7. The third-order valence-corrected chi connectivity index (χ3v) is 10.1. The summed E-state index contributed by atoms with van der Waals surface area (Å²) in [7, 11) is 12.4. The van der Waals surface area contributed by atoms with Gasteiger partial charge >= 0.3 is 5.97 Å². The number of methoxy groups -OCH3 is 2. The van der Waals surface area contributed by atoms with Crippen LogP contribution in [0.15, 0.2) is 35.3 Å². The minimum atomic E-state index is -1.13. The van der Waals surface area contributed by atoms with Crippen molar-refractivity contribution in [2.75, 3.05) is 56.0 Å². The Balaban J connectivity index is 2.29. The first-order valence-corrected chi connectivity index (χ1v) is 18.1. The van der Waals surface area contributed by atoms with Crippen LogP contribution < -0.4 is 5.32 Å². The van der Waals surface area contributed by atoms with Gasteiger partial charge in [-0.3, -0.25) is 14.4 Å². The summed E-state index contributed by atoms with van der Waals surface area (Å²) in [4.78, 5) is 65.9. The number of carbonyl (C=O) groups is 4. The molecule has 0 saturated carbocycles. The number of hydrogen-bond donors (Lipinski definition) is 2. The van der Waals surface area contributed by atoms with Crippen molar-refractivity contribution >= 4 is 29.7 Å². The van der Waals surface area contributed by atoms with Crippen molar-refractivity contribution in [3.8, 4) is 0 Å². The summed E-state index contributed by atoms with van der Waals surface area (Å²) in [5, 5.41) is 12.6. The average molecular weight is 717 g/mol. The number of carbonyl (C=O) groups excluding carboxylic acids is 3. The number of carboxylic acids is 1. The second kappa shape index (κ2) is 20.4. The zero-order valence-electron chi connectivity index (χ0n) is 33.0. The van der Waals surface area contributed by atoms with Crippen molar-refractivity contribution in [1.82, 2.24) is 24.9 Å². The lowest BCUT2D eigenvalue weighted by atomic mass is 9.89. The van der Waals surface area contributed by atoms with Gasteiger partial charge in [0.15, 0.2) is 5.96 Å². The van der Waals surface area contributed by atoms with Crippen LogP contribution in [0.1, 0.15) is 65.9 Å². The van der Waals surface area contributed by atoms with E-state index in [1.807, 2.05) is 82.2 Å². The summed E-state index contributed by atoms with van der Waals surface area (Å²) in [6, 6.07) is 6.59. The van der Waals surface area contributed by atoms with E-state index < -0.39 is 54.2 Å². The van der Waals surface area contributed by atoms with Crippen LogP contribution in [0.4, 0.5) is 0 Å². The van der Waals surface area contributed by atoms with Crippen LogP contribution >= 0.6 is 0 Å². The topological polar surface area (TPSA) is 144 Å². The molecule has 51 heavy (non-hydrogen) atoms. The smallest absolute Gasteiger partial charge is 0.326 e. The normalized spacial score (nSPS) is 18.5.